The number of aryl methyl sites for hydroxylation is 1. The molecule has 4 amide bonds. The van der Waals surface area contributed by atoms with Gasteiger partial charge in [0.25, 0.3) is 17.5 Å². The number of rotatable bonds is 6. The Kier molecular flexibility index (Phi) is 7.05. The zero-order valence-electron chi connectivity index (χ0n) is 18.7. The van der Waals surface area contributed by atoms with E-state index in [4.69, 9.17) is 27.9 Å². The second kappa shape index (κ2) is 10.2. The first kappa shape index (κ1) is 24.9. The van der Waals surface area contributed by atoms with Gasteiger partial charge in [0.05, 0.1) is 10.6 Å². The van der Waals surface area contributed by atoms with Gasteiger partial charge in [-0.25, -0.2) is 9.69 Å². The first-order valence-corrected chi connectivity index (χ1v) is 11.2. The highest BCUT2D eigenvalue weighted by atomic mass is 35.5. The first-order valence-electron chi connectivity index (χ1n) is 10.5. The summed E-state index contributed by atoms with van der Waals surface area (Å²) in [5.41, 5.74) is 1.37. The van der Waals surface area contributed by atoms with E-state index < -0.39 is 22.8 Å². The molecule has 0 aliphatic carbocycles. The van der Waals surface area contributed by atoms with Crippen LogP contribution in [-0.2, 0) is 16.2 Å². The van der Waals surface area contributed by atoms with E-state index >= 15 is 0 Å². The molecule has 0 aromatic heterocycles. The van der Waals surface area contributed by atoms with E-state index in [2.05, 4.69) is 5.32 Å². The van der Waals surface area contributed by atoms with Gasteiger partial charge in [-0.15, -0.1) is 0 Å². The smallest absolute Gasteiger partial charge is 0.335 e. The number of nitrogens with one attached hydrogen (secondary N) is 1. The Morgan fingerprint density at radius 2 is 1.83 bits per heavy atom. The molecule has 1 aliphatic rings. The molecule has 1 saturated heterocycles. The van der Waals surface area contributed by atoms with Crippen LogP contribution in [0, 0.1) is 17.0 Å². The van der Waals surface area contributed by atoms with Crippen molar-refractivity contribution < 1.29 is 24.0 Å². The Labute approximate surface area is 215 Å². The predicted octanol–water partition coefficient (Wildman–Crippen LogP) is 5.46. The van der Waals surface area contributed by atoms with Crippen LogP contribution in [0.15, 0.2) is 66.2 Å². The van der Waals surface area contributed by atoms with E-state index in [0.29, 0.717) is 21.2 Å². The van der Waals surface area contributed by atoms with Crippen LogP contribution in [0.5, 0.6) is 5.75 Å². The monoisotopic (exact) mass is 525 g/mol. The first-order chi connectivity index (χ1) is 17.1. The minimum atomic E-state index is -0.907. The average Bonchev–Trinajstić information content (AvgIpc) is 2.83. The molecule has 3 aromatic carbocycles. The van der Waals surface area contributed by atoms with Gasteiger partial charge in [0.1, 0.15) is 17.9 Å². The van der Waals surface area contributed by atoms with Crippen molar-refractivity contribution in [1.29, 1.82) is 0 Å². The Bertz CT molecular complexity index is 1450. The number of amides is 4. The number of urea groups is 1. The summed E-state index contributed by atoms with van der Waals surface area (Å²) in [6.07, 6.45) is 1.27. The van der Waals surface area contributed by atoms with Gasteiger partial charge in [0.2, 0.25) is 0 Å². The van der Waals surface area contributed by atoms with Crippen LogP contribution < -0.4 is 15.0 Å². The van der Waals surface area contributed by atoms with E-state index in [1.807, 2.05) is 0 Å². The standard InChI is InChI=1S/C25H17Cl2N3O6/c1-14-5-7-18(12-21(14)27)29-24(32)20(23(31)28-25(29)33)11-16-10-17(26)6-8-22(16)36-13-15-3-2-4-19(9-15)30(34)35/h2-12H,13H2,1H3,(H,28,31,33)/b20-11+. The summed E-state index contributed by atoms with van der Waals surface area (Å²) in [6, 6.07) is 14.3. The van der Waals surface area contributed by atoms with E-state index in [0.717, 1.165) is 10.5 Å². The number of nitro groups is 1. The minimum Gasteiger partial charge on any atom is -0.488 e. The molecule has 0 unspecified atom stereocenters. The third-order valence-electron chi connectivity index (χ3n) is 5.30. The maximum Gasteiger partial charge on any atom is 0.335 e. The largest absolute Gasteiger partial charge is 0.488 e. The van der Waals surface area contributed by atoms with Crippen molar-refractivity contribution in [2.75, 3.05) is 4.90 Å². The normalized spacial score (nSPS) is 14.7. The number of carbonyl (C=O) groups excluding carboxylic acids is 3. The SMILES string of the molecule is Cc1ccc(N2C(=O)NC(=O)/C(=C\c3cc(Cl)ccc3OCc3cccc([N+](=O)[O-])c3)C2=O)cc1Cl. The van der Waals surface area contributed by atoms with Crippen molar-refractivity contribution in [2.45, 2.75) is 13.5 Å². The summed E-state index contributed by atoms with van der Waals surface area (Å²) in [5, 5.41) is 13.8. The predicted molar refractivity (Wildman–Crippen MR) is 134 cm³/mol. The lowest BCUT2D eigenvalue weighted by molar-refractivity contribution is -0.384. The van der Waals surface area contributed by atoms with E-state index in [1.165, 1.54) is 36.4 Å². The van der Waals surface area contributed by atoms with Crippen molar-refractivity contribution >= 4 is 58.5 Å². The molecular formula is C25H17Cl2N3O6. The number of hydrogen-bond acceptors (Lipinski definition) is 6. The van der Waals surface area contributed by atoms with Crippen LogP contribution in [0.25, 0.3) is 6.08 Å². The van der Waals surface area contributed by atoms with Crippen molar-refractivity contribution in [1.82, 2.24) is 5.32 Å². The van der Waals surface area contributed by atoms with Crippen LogP contribution in [0.1, 0.15) is 16.7 Å². The number of imide groups is 2. The van der Waals surface area contributed by atoms with Crippen LogP contribution in [0.3, 0.4) is 0 Å². The maximum atomic E-state index is 13.2. The number of barbiturate groups is 1. The topological polar surface area (TPSA) is 119 Å². The molecule has 11 heteroatoms. The van der Waals surface area contributed by atoms with Crippen LogP contribution >= 0.6 is 23.2 Å². The molecule has 1 heterocycles. The Balaban J connectivity index is 1.67. The highest BCUT2D eigenvalue weighted by Crippen LogP contribution is 2.30. The summed E-state index contributed by atoms with van der Waals surface area (Å²) in [4.78, 5) is 49.6. The number of benzene rings is 3. The lowest BCUT2D eigenvalue weighted by Gasteiger charge is -2.26. The highest BCUT2D eigenvalue weighted by molar-refractivity contribution is 6.39. The number of ether oxygens (including phenoxy) is 1. The summed E-state index contributed by atoms with van der Waals surface area (Å²) in [7, 11) is 0. The summed E-state index contributed by atoms with van der Waals surface area (Å²) < 4.78 is 5.82. The van der Waals surface area contributed by atoms with Gasteiger partial charge in [0, 0.05) is 27.7 Å². The lowest BCUT2D eigenvalue weighted by atomic mass is 10.1. The quantitative estimate of drug-likeness (QED) is 0.197. The number of carbonyl (C=O) groups is 3. The van der Waals surface area contributed by atoms with Crippen LogP contribution in [0.4, 0.5) is 16.2 Å². The van der Waals surface area contributed by atoms with Crippen LogP contribution in [-0.4, -0.2) is 22.8 Å². The Hall–Kier alpha value is -4.21. The molecule has 4 rings (SSSR count). The van der Waals surface area contributed by atoms with Crippen LogP contribution in [0.2, 0.25) is 10.0 Å². The molecule has 0 saturated carbocycles. The minimum absolute atomic E-state index is 0.0217. The molecule has 0 spiro atoms. The maximum absolute atomic E-state index is 13.2. The third-order valence-corrected chi connectivity index (χ3v) is 5.94. The average molecular weight is 526 g/mol. The second-order valence-corrected chi connectivity index (χ2v) is 8.63. The molecule has 1 fully saturated rings. The molecule has 182 valence electrons. The molecule has 3 aromatic rings. The van der Waals surface area contributed by atoms with Crippen molar-refractivity contribution in [3.05, 3.63) is 103 Å². The molecule has 0 atom stereocenters. The Morgan fingerprint density at radius 3 is 2.56 bits per heavy atom. The zero-order chi connectivity index (χ0) is 26.0. The molecule has 36 heavy (non-hydrogen) atoms. The number of non-ortho nitro benzene ring substituents is 1. The molecular weight excluding hydrogens is 509 g/mol. The summed E-state index contributed by atoms with van der Waals surface area (Å²) in [5.74, 6) is -1.47. The lowest BCUT2D eigenvalue weighted by Crippen LogP contribution is -2.54. The van der Waals surface area contributed by atoms with Crippen molar-refractivity contribution in [3.63, 3.8) is 0 Å². The third kappa shape index (κ3) is 5.22. The Morgan fingerprint density at radius 1 is 1.06 bits per heavy atom. The van der Waals surface area contributed by atoms with Gasteiger partial charge in [0.15, 0.2) is 0 Å². The molecule has 1 aliphatic heterocycles. The number of nitrogens with zero attached hydrogens (tertiary/aromatic N) is 2. The zero-order valence-corrected chi connectivity index (χ0v) is 20.2. The van der Waals surface area contributed by atoms with Gasteiger partial charge < -0.3 is 4.74 Å². The van der Waals surface area contributed by atoms with Gasteiger partial charge in [-0.3, -0.25) is 25.0 Å². The summed E-state index contributed by atoms with van der Waals surface area (Å²) in [6.45, 7) is 1.75. The van der Waals surface area contributed by atoms with E-state index in [1.54, 1.807) is 37.3 Å². The van der Waals surface area contributed by atoms with Gasteiger partial charge in [-0.1, -0.05) is 41.4 Å². The number of nitro benzene ring substituents is 1. The van der Waals surface area contributed by atoms with Gasteiger partial charge in [-0.05, 0) is 54.5 Å². The highest BCUT2D eigenvalue weighted by Gasteiger charge is 2.37. The van der Waals surface area contributed by atoms with E-state index in [-0.39, 0.29) is 29.3 Å². The van der Waals surface area contributed by atoms with Crippen molar-refractivity contribution in [3.8, 4) is 5.75 Å². The molecule has 0 bridgehead atoms. The fraction of sp³-hybridized carbons (Fsp3) is 0.0800. The second-order valence-electron chi connectivity index (χ2n) is 7.79. The van der Waals surface area contributed by atoms with E-state index in [9.17, 15) is 24.5 Å². The van der Waals surface area contributed by atoms with Gasteiger partial charge in [-0.2, -0.15) is 0 Å². The number of halogens is 2. The van der Waals surface area contributed by atoms with Crippen molar-refractivity contribution in [2.24, 2.45) is 0 Å². The van der Waals surface area contributed by atoms with Gasteiger partial charge >= 0.3 is 6.03 Å². The fourth-order valence-corrected chi connectivity index (χ4v) is 3.81. The molecule has 9 nitrogen and oxygen atoms in total. The number of hydrogen-bond donors (Lipinski definition) is 1. The fourth-order valence-electron chi connectivity index (χ4n) is 3.45. The molecule has 1 N–H and O–H groups in total. The molecule has 0 radical (unpaired) electrons. The summed E-state index contributed by atoms with van der Waals surface area (Å²) >= 11 is 12.3. The number of anilines is 1.